The van der Waals surface area contributed by atoms with Crippen LogP contribution in [0.4, 0.5) is 14.6 Å². The van der Waals surface area contributed by atoms with Crippen LogP contribution >= 0.6 is 0 Å². The van der Waals surface area contributed by atoms with Crippen molar-refractivity contribution in [2.45, 2.75) is 50.5 Å². The number of methoxy groups -OCH3 is 1. The van der Waals surface area contributed by atoms with Gasteiger partial charge in [-0.1, -0.05) is 47.5 Å². The number of nitrogens with zero attached hydrogens (tertiary/aromatic N) is 4. The zero-order valence-corrected chi connectivity index (χ0v) is 26.9. The van der Waals surface area contributed by atoms with Gasteiger partial charge >= 0.3 is 5.97 Å². The molecule has 0 amide bonds. The summed E-state index contributed by atoms with van der Waals surface area (Å²) in [5.74, 6) is -2.21. The van der Waals surface area contributed by atoms with Gasteiger partial charge in [-0.2, -0.15) is 0 Å². The summed E-state index contributed by atoms with van der Waals surface area (Å²) in [6.07, 6.45) is 5.78. The summed E-state index contributed by atoms with van der Waals surface area (Å²) in [4.78, 5) is 26.3. The molecule has 3 aliphatic carbocycles. The fraction of sp³-hybridized carbons (Fsp3) is 0.314. The smallest absolute Gasteiger partial charge is 0.311 e. The maximum atomic E-state index is 16.5. The Morgan fingerprint density at radius 3 is 2.23 bits per heavy atom. The monoisotopic (exact) mass is 657 g/mol. The second-order valence-electron chi connectivity index (χ2n) is 12.5. The van der Waals surface area contributed by atoms with Crippen molar-refractivity contribution in [2.75, 3.05) is 12.4 Å². The molecular weight excluding hydrogens is 624 g/mol. The topological polar surface area (TPSA) is 116 Å². The van der Waals surface area contributed by atoms with Gasteiger partial charge in [0.1, 0.15) is 11.5 Å². The number of rotatable bonds is 7. The molecule has 242 valence electrons. The van der Waals surface area contributed by atoms with Crippen LogP contribution in [0.5, 0.6) is 0 Å². The average Bonchev–Trinajstić information content (AvgIpc) is 3.46. The van der Waals surface area contributed by atoms with Crippen molar-refractivity contribution >= 4 is 32.8 Å². The van der Waals surface area contributed by atoms with Crippen molar-refractivity contribution in [3.05, 3.63) is 89.8 Å². The summed E-state index contributed by atoms with van der Waals surface area (Å²) in [6, 6.07) is 14.2. The van der Waals surface area contributed by atoms with Crippen LogP contribution in [0.25, 0.3) is 33.7 Å². The molecule has 3 heterocycles. The van der Waals surface area contributed by atoms with E-state index in [1.807, 2.05) is 26.0 Å². The third-order valence-electron chi connectivity index (χ3n) is 9.57. The highest BCUT2D eigenvalue weighted by molar-refractivity contribution is 7.90. The van der Waals surface area contributed by atoms with Gasteiger partial charge in [0.2, 0.25) is 0 Å². The molecular formula is C35H33F2N5O4S. The fourth-order valence-corrected chi connectivity index (χ4v) is 8.42. The molecule has 12 heteroatoms. The minimum Gasteiger partial charge on any atom is -0.469 e. The zero-order chi connectivity index (χ0) is 33.0. The van der Waals surface area contributed by atoms with Crippen molar-refractivity contribution in [1.29, 1.82) is 0 Å². The molecule has 1 N–H and O–H groups in total. The van der Waals surface area contributed by atoms with E-state index < -0.39 is 33.6 Å². The van der Waals surface area contributed by atoms with Gasteiger partial charge in [-0.15, -0.1) is 0 Å². The Hall–Kier alpha value is -4.71. The number of fused-ring (bicyclic) bond motifs is 4. The van der Waals surface area contributed by atoms with Crippen LogP contribution < -0.4 is 5.32 Å². The number of benzene rings is 2. The van der Waals surface area contributed by atoms with Crippen LogP contribution in [0, 0.1) is 43.2 Å². The molecule has 0 radical (unpaired) electrons. The van der Waals surface area contributed by atoms with Crippen LogP contribution in [0.2, 0.25) is 0 Å². The van der Waals surface area contributed by atoms with Gasteiger partial charge in [-0.05, 0) is 69.6 Å². The molecule has 0 aliphatic heterocycles. The number of aromatic nitrogens is 4. The summed E-state index contributed by atoms with van der Waals surface area (Å²) in [7, 11) is -2.83. The standard InChI is InChI=1S/C35H33F2N5O4S/c1-19-4-8-23(9-5-19)31-29(37)33(39-30-22-12-10-21(11-13-22)28(30)35(43)46-3)41-32(40-31)27-18-42(34-26(27)16-24(36)17-38-34)47(44,45)25-14-6-20(2)7-15-25/h4-9,14-18,21-22,28,30H,10-13H2,1-3H3,(H,39,40,41). The summed E-state index contributed by atoms with van der Waals surface area (Å²) in [5, 5.41) is 3.40. The maximum Gasteiger partial charge on any atom is 0.311 e. The molecule has 8 rings (SSSR count). The van der Waals surface area contributed by atoms with Crippen molar-refractivity contribution < 1.29 is 26.7 Å². The molecule has 3 aromatic heterocycles. The third kappa shape index (κ3) is 5.44. The molecule has 2 aromatic carbocycles. The van der Waals surface area contributed by atoms with Gasteiger partial charge in [-0.3, -0.25) is 4.79 Å². The Morgan fingerprint density at radius 2 is 1.57 bits per heavy atom. The molecule has 2 unspecified atom stereocenters. The second-order valence-corrected chi connectivity index (χ2v) is 14.3. The first-order chi connectivity index (χ1) is 22.5. The number of ether oxygens (including phenoxy) is 1. The number of anilines is 1. The highest BCUT2D eigenvalue weighted by Gasteiger charge is 2.48. The van der Waals surface area contributed by atoms with E-state index in [0.29, 0.717) is 5.56 Å². The first-order valence-electron chi connectivity index (χ1n) is 15.5. The van der Waals surface area contributed by atoms with E-state index in [9.17, 15) is 17.6 Å². The van der Waals surface area contributed by atoms with Gasteiger partial charge in [0.05, 0.1) is 24.1 Å². The van der Waals surface area contributed by atoms with Crippen LogP contribution in [-0.4, -0.2) is 46.5 Å². The lowest BCUT2D eigenvalue weighted by atomic mass is 9.61. The van der Waals surface area contributed by atoms with Crippen molar-refractivity contribution in [2.24, 2.45) is 17.8 Å². The predicted molar refractivity (Wildman–Crippen MR) is 173 cm³/mol. The van der Waals surface area contributed by atoms with Crippen molar-refractivity contribution in [1.82, 2.24) is 18.9 Å². The minimum atomic E-state index is -4.18. The second kappa shape index (κ2) is 11.8. The zero-order valence-electron chi connectivity index (χ0n) is 26.1. The van der Waals surface area contributed by atoms with E-state index in [0.717, 1.165) is 53.0 Å². The van der Waals surface area contributed by atoms with Gasteiger partial charge < -0.3 is 10.1 Å². The van der Waals surface area contributed by atoms with E-state index in [4.69, 9.17) is 4.74 Å². The Labute approximate surface area is 271 Å². The molecule has 3 fully saturated rings. The lowest BCUT2D eigenvalue weighted by Gasteiger charge is -2.47. The summed E-state index contributed by atoms with van der Waals surface area (Å²) in [6.45, 7) is 3.76. The van der Waals surface area contributed by atoms with Crippen LogP contribution in [0.3, 0.4) is 0 Å². The predicted octanol–water partition coefficient (Wildman–Crippen LogP) is 6.68. The van der Waals surface area contributed by atoms with Crippen LogP contribution in [-0.2, 0) is 19.6 Å². The van der Waals surface area contributed by atoms with E-state index in [-0.39, 0.29) is 56.6 Å². The number of hydrogen-bond donors (Lipinski definition) is 1. The summed E-state index contributed by atoms with van der Waals surface area (Å²) >= 11 is 0. The first-order valence-corrected chi connectivity index (χ1v) is 17.0. The number of carbonyl (C=O) groups excluding carboxylic acids is 1. The third-order valence-corrected chi connectivity index (χ3v) is 11.2. The lowest BCUT2D eigenvalue weighted by Crippen LogP contribution is -2.52. The molecule has 47 heavy (non-hydrogen) atoms. The van der Waals surface area contributed by atoms with Crippen molar-refractivity contribution in [3.63, 3.8) is 0 Å². The first kappa shape index (κ1) is 30.9. The van der Waals surface area contributed by atoms with Gasteiger partial charge in [0.25, 0.3) is 10.0 Å². The van der Waals surface area contributed by atoms with Gasteiger partial charge in [-0.25, -0.2) is 36.1 Å². The average molecular weight is 658 g/mol. The normalized spacial score (nSPS) is 20.8. The fourth-order valence-electron chi connectivity index (χ4n) is 7.10. The Morgan fingerprint density at radius 1 is 0.936 bits per heavy atom. The highest BCUT2D eigenvalue weighted by Crippen LogP contribution is 2.47. The Kier molecular flexibility index (Phi) is 7.78. The SMILES string of the molecule is COC(=O)C1C2CCC(CC2)C1Nc1nc(-c2cn(S(=O)(=O)c3ccc(C)cc3)c3ncc(F)cc23)nc(-c2ccc(C)cc2)c1F. The Balaban J connectivity index is 1.42. The van der Waals surface area contributed by atoms with E-state index >= 15 is 4.39 Å². The molecule has 3 aliphatic rings. The van der Waals surface area contributed by atoms with E-state index in [2.05, 4.69) is 20.3 Å². The van der Waals surface area contributed by atoms with E-state index in [1.165, 1.54) is 25.4 Å². The Bertz CT molecular complexity index is 2110. The van der Waals surface area contributed by atoms with Crippen LogP contribution in [0.1, 0.15) is 36.8 Å². The molecule has 3 saturated carbocycles. The number of halogens is 2. The number of carbonyl (C=O) groups is 1. The molecule has 2 bridgehead atoms. The number of pyridine rings is 1. The largest absolute Gasteiger partial charge is 0.469 e. The molecule has 0 spiro atoms. The summed E-state index contributed by atoms with van der Waals surface area (Å²) in [5.41, 5.74) is 2.40. The molecule has 5 aromatic rings. The molecule has 2 atom stereocenters. The quantitative estimate of drug-likeness (QED) is 0.193. The number of esters is 1. The highest BCUT2D eigenvalue weighted by atomic mass is 32.2. The number of nitrogens with one attached hydrogen (secondary N) is 1. The van der Waals surface area contributed by atoms with E-state index in [1.54, 1.807) is 24.3 Å². The maximum absolute atomic E-state index is 16.5. The van der Waals surface area contributed by atoms with Gasteiger partial charge in [0, 0.05) is 28.8 Å². The summed E-state index contributed by atoms with van der Waals surface area (Å²) < 4.78 is 65.1. The lowest BCUT2D eigenvalue weighted by molar-refractivity contribution is -0.152. The van der Waals surface area contributed by atoms with Gasteiger partial charge in [0.15, 0.2) is 23.1 Å². The number of aryl methyl sites for hydroxylation is 2. The molecule has 9 nitrogen and oxygen atoms in total. The van der Waals surface area contributed by atoms with Crippen LogP contribution in [0.15, 0.2) is 71.9 Å². The minimum absolute atomic E-state index is 0.0154. The molecule has 0 saturated heterocycles. The number of hydrogen-bond acceptors (Lipinski definition) is 8. The van der Waals surface area contributed by atoms with Crippen molar-refractivity contribution in [3.8, 4) is 22.6 Å².